The second kappa shape index (κ2) is 10.1. The number of barbiturate groups is 1. The maximum atomic E-state index is 13.0. The molecule has 1 aliphatic heterocycles. The van der Waals surface area contributed by atoms with Gasteiger partial charge in [0.2, 0.25) is 0 Å². The van der Waals surface area contributed by atoms with E-state index in [1.165, 1.54) is 6.08 Å². The topological polar surface area (TPSA) is 102 Å². The minimum atomic E-state index is -0.817. The van der Waals surface area contributed by atoms with Gasteiger partial charge in [-0.05, 0) is 77.3 Å². The number of aryl methyl sites for hydroxylation is 1. The largest absolute Gasteiger partial charge is 0.481 e. The van der Waals surface area contributed by atoms with Gasteiger partial charge < -0.3 is 9.47 Å². The molecule has 0 atom stereocenters. The zero-order valence-electron chi connectivity index (χ0n) is 17.1. The first kappa shape index (κ1) is 23.7. The van der Waals surface area contributed by atoms with Gasteiger partial charge in [-0.15, -0.1) is 0 Å². The monoisotopic (exact) mass is 564 g/mol. The van der Waals surface area contributed by atoms with Crippen molar-refractivity contribution in [2.45, 2.75) is 13.8 Å². The third kappa shape index (κ3) is 5.25. The van der Waals surface area contributed by atoms with E-state index in [1.807, 2.05) is 6.92 Å². The van der Waals surface area contributed by atoms with Gasteiger partial charge >= 0.3 is 12.0 Å². The number of carbonyl (C=O) groups is 4. The summed E-state index contributed by atoms with van der Waals surface area (Å²) in [5.41, 5.74) is 1.49. The SMILES string of the molecule is CCOC(=O)COc1ccc(/C=C2\C(=O)NC(=O)N(c3ccc(Br)c(C)c3)C2=O)cc1Br. The Hall–Kier alpha value is -2.98. The van der Waals surface area contributed by atoms with Crippen molar-refractivity contribution in [3.05, 3.63) is 62.0 Å². The lowest BCUT2D eigenvalue weighted by Gasteiger charge is -2.26. The van der Waals surface area contributed by atoms with Gasteiger partial charge in [-0.25, -0.2) is 14.5 Å². The molecule has 0 aliphatic carbocycles. The fourth-order valence-electron chi connectivity index (χ4n) is 2.89. The third-order valence-corrected chi connectivity index (χ3v) is 5.93. The zero-order valence-corrected chi connectivity index (χ0v) is 20.3. The molecule has 0 saturated carbocycles. The Labute approximate surface area is 200 Å². The Bertz CT molecular complexity index is 1150. The Kier molecular flexibility index (Phi) is 7.47. The summed E-state index contributed by atoms with van der Waals surface area (Å²) in [7, 11) is 0. The molecule has 1 fully saturated rings. The molecule has 1 aliphatic rings. The molecule has 166 valence electrons. The molecule has 1 heterocycles. The van der Waals surface area contributed by atoms with E-state index in [4.69, 9.17) is 9.47 Å². The lowest BCUT2D eigenvalue weighted by atomic mass is 10.1. The molecule has 0 bridgehead atoms. The number of hydrogen-bond donors (Lipinski definition) is 1. The van der Waals surface area contributed by atoms with Crippen molar-refractivity contribution in [3.63, 3.8) is 0 Å². The van der Waals surface area contributed by atoms with Crippen LogP contribution in [0, 0.1) is 6.92 Å². The summed E-state index contributed by atoms with van der Waals surface area (Å²) in [5, 5.41) is 2.19. The summed E-state index contributed by atoms with van der Waals surface area (Å²) in [6.45, 7) is 3.53. The molecule has 4 amide bonds. The molecule has 1 N–H and O–H groups in total. The number of anilines is 1. The molecule has 32 heavy (non-hydrogen) atoms. The van der Waals surface area contributed by atoms with Crippen molar-refractivity contribution >= 4 is 67.4 Å². The second-order valence-corrected chi connectivity index (χ2v) is 8.38. The third-order valence-electron chi connectivity index (χ3n) is 4.42. The summed E-state index contributed by atoms with van der Waals surface area (Å²) < 4.78 is 11.6. The summed E-state index contributed by atoms with van der Waals surface area (Å²) in [6.07, 6.45) is 1.38. The second-order valence-electron chi connectivity index (χ2n) is 6.67. The number of halogens is 2. The standard InChI is InChI=1S/C22H18Br2N2O6/c1-3-31-19(27)11-32-18-7-4-13(10-17(18)24)9-15-20(28)25-22(30)26(21(15)29)14-5-6-16(23)12(2)8-14/h4-10H,3,11H2,1-2H3,(H,25,28,30)/b15-9+. The van der Waals surface area contributed by atoms with Crippen LogP contribution >= 0.6 is 31.9 Å². The number of amides is 4. The molecule has 0 spiro atoms. The predicted octanol–water partition coefficient (Wildman–Crippen LogP) is 4.13. The zero-order chi connectivity index (χ0) is 23.4. The van der Waals surface area contributed by atoms with Crippen molar-refractivity contribution in [3.8, 4) is 5.75 Å². The molecule has 3 rings (SSSR count). The van der Waals surface area contributed by atoms with Crippen LogP contribution in [0.25, 0.3) is 6.08 Å². The maximum Gasteiger partial charge on any atom is 0.344 e. The Morgan fingerprint density at radius 3 is 2.50 bits per heavy atom. The highest BCUT2D eigenvalue weighted by molar-refractivity contribution is 9.10. The summed E-state index contributed by atoms with van der Waals surface area (Å²) in [4.78, 5) is 50.1. The van der Waals surface area contributed by atoms with Crippen molar-refractivity contribution in [2.24, 2.45) is 0 Å². The van der Waals surface area contributed by atoms with E-state index in [9.17, 15) is 19.2 Å². The van der Waals surface area contributed by atoms with E-state index in [0.717, 1.165) is 14.9 Å². The summed E-state index contributed by atoms with van der Waals surface area (Å²) in [6, 6.07) is 9.00. The fourth-order valence-corrected chi connectivity index (χ4v) is 3.65. The molecule has 0 unspecified atom stereocenters. The van der Waals surface area contributed by atoms with Gasteiger partial charge in [0, 0.05) is 4.47 Å². The van der Waals surface area contributed by atoms with Crippen LogP contribution in [-0.4, -0.2) is 37.0 Å². The lowest BCUT2D eigenvalue weighted by Crippen LogP contribution is -2.54. The fraction of sp³-hybridized carbons (Fsp3) is 0.182. The number of imide groups is 2. The lowest BCUT2D eigenvalue weighted by molar-refractivity contribution is -0.145. The quantitative estimate of drug-likeness (QED) is 0.321. The number of benzene rings is 2. The van der Waals surface area contributed by atoms with E-state index in [-0.39, 0.29) is 18.8 Å². The van der Waals surface area contributed by atoms with Gasteiger partial charge in [-0.3, -0.25) is 14.9 Å². The Morgan fingerprint density at radius 1 is 1.09 bits per heavy atom. The van der Waals surface area contributed by atoms with Gasteiger partial charge in [0.05, 0.1) is 16.8 Å². The highest BCUT2D eigenvalue weighted by atomic mass is 79.9. The average molecular weight is 566 g/mol. The summed E-state index contributed by atoms with van der Waals surface area (Å²) in [5.74, 6) is -1.63. The van der Waals surface area contributed by atoms with Crippen molar-refractivity contribution in [1.82, 2.24) is 5.32 Å². The van der Waals surface area contributed by atoms with Gasteiger partial charge in [-0.1, -0.05) is 22.0 Å². The predicted molar refractivity (Wildman–Crippen MR) is 124 cm³/mol. The number of carbonyl (C=O) groups excluding carboxylic acids is 4. The number of ether oxygens (including phenoxy) is 2. The van der Waals surface area contributed by atoms with E-state index in [1.54, 1.807) is 43.3 Å². The van der Waals surface area contributed by atoms with Gasteiger partial charge in [0.1, 0.15) is 11.3 Å². The number of nitrogens with zero attached hydrogens (tertiary/aromatic N) is 1. The van der Waals surface area contributed by atoms with Crippen molar-refractivity contribution < 1.29 is 28.7 Å². The van der Waals surface area contributed by atoms with E-state index >= 15 is 0 Å². The van der Waals surface area contributed by atoms with Crippen LogP contribution in [0.2, 0.25) is 0 Å². The smallest absolute Gasteiger partial charge is 0.344 e. The highest BCUT2D eigenvalue weighted by Crippen LogP contribution is 2.29. The van der Waals surface area contributed by atoms with Crippen molar-refractivity contribution in [2.75, 3.05) is 18.1 Å². The van der Waals surface area contributed by atoms with Crippen LogP contribution in [-0.2, 0) is 19.1 Å². The minimum Gasteiger partial charge on any atom is -0.481 e. The van der Waals surface area contributed by atoms with Crippen molar-refractivity contribution in [1.29, 1.82) is 0 Å². The molecule has 2 aromatic rings. The van der Waals surface area contributed by atoms with Gasteiger partial charge in [0.15, 0.2) is 6.61 Å². The number of hydrogen-bond acceptors (Lipinski definition) is 6. The van der Waals surface area contributed by atoms with E-state index in [0.29, 0.717) is 21.5 Å². The van der Waals surface area contributed by atoms with Gasteiger partial charge in [-0.2, -0.15) is 0 Å². The first-order chi connectivity index (χ1) is 15.2. The number of urea groups is 1. The first-order valence-electron chi connectivity index (χ1n) is 9.46. The number of esters is 1. The van der Waals surface area contributed by atoms with Crippen LogP contribution in [0.15, 0.2) is 50.9 Å². The molecular weight excluding hydrogens is 548 g/mol. The average Bonchev–Trinajstić information content (AvgIpc) is 2.73. The van der Waals surface area contributed by atoms with Crippen LogP contribution in [0.1, 0.15) is 18.1 Å². The van der Waals surface area contributed by atoms with Gasteiger partial charge in [0.25, 0.3) is 11.8 Å². The maximum absolute atomic E-state index is 13.0. The normalized spacial score (nSPS) is 15.1. The highest BCUT2D eigenvalue weighted by Gasteiger charge is 2.36. The molecule has 0 radical (unpaired) electrons. The number of rotatable bonds is 6. The molecule has 2 aromatic carbocycles. The number of nitrogens with one attached hydrogen (secondary N) is 1. The van der Waals surface area contributed by atoms with E-state index in [2.05, 4.69) is 37.2 Å². The van der Waals surface area contributed by atoms with Crippen LogP contribution in [0.4, 0.5) is 10.5 Å². The van der Waals surface area contributed by atoms with E-state index < -0.39 is 23.8 Å². The van der Waals surface area contributed by atoms with Crippen LogP contribution < -0.4 is 15.0 Å². The van der Waals surface area contributed by atoms with Crippen LogP contribution in [0.5, 0.6) is 5.75 Å². The molecule has 10 heteroatoms. The molecule has 8 nitrogen and oxygen atoms in total. The summed E-state index contributed by atoms with van der Waals surface area (Å²) >= 11 is 6.72. The minimum absolute atomic E-state index is 0.197. The molecular formula is C22H18Br2N2O6. The molecule has 1 saturated heterocycles. The first-order valence-corrected chi connectivity index (χ1v) is 11.1. The van der Waals surface area contributed by atoms with Crippen LogP contribution in [0.3, 0.4) is 0 Å². The Balaban J connectivity index is 1.86. The molecule has 0 aromatic heterocycles. The Morgan fingerprint density at radius 2 is 1.84 bits per heavy atom.